The number of nitrogens with one attached hydrogen (secondary N) is 1. The molecule has 0 radical (unpaired) electrons. The van der Waals surface area contributed by atoms with Crippen molar-refractivity contribution in [3.63, 3.8) is 0 Å². The summed E-state index contributed by atoms with van der Waals surface area (Å²) in [6.07, 6.45) is 0.101. The van der Waals surface area contributed by atoms with Gasteiger partial charge in [0.25, 0.3) is 0 Å². The molecule has 0 spiro atoms. The first-order valence-electron chi connectivity index (χ1n) is 9.05. The van der Waals surface area contributed by atoms with Crippen molar-refractivity contribution < 1.29 is 32.7 Å². The number of carboxylic acid groups (broad SMARTS) is 1. The minimum absolute atomic E-state index is 0.0739. The quantitative estimate of drug-likeness (QED) is 0.552. The van der Waals surface area contributed by atoms with E-state index in [9.17, 15) is 32.7 Å². The third kappa shape index (κ3) is 3.75. The van der Waals surface area contributed by atoms with Gasteiger partial charge in [-0.05, 0) is 41.8 Å². The Morgan fingerprint density at radius 3 is 2.52 bits per heavy atom. The fourth-order valence-corrected chi connectivity index (χ4v) is 5.06. The largest absolute Gasteiger partial charge is 0.480 e. The molecule has 1 aromatic carbocycles. The molecular formula is C19H21F3N2O4S. The molecule has 4 atom stereocenters. The number of carbonyl (C=O) groups is 3. The summed E-state index contributed by atoms with van der Waals surface area (Å²) in [5.41, 5.74) is -5.81. The summed E-state index contributed by atoms with van der Waals surface area (Å²) < 4.78 is 38.3. The lowest BCUT2D eigenvalue weighted by molar-refractivity contribution is -0.151. The molecule has 2 saturated heterocycles. The van der Waals surface area contributed by atoms with E-state index in [-0.39, 0.29) is 29.0 Å². The molecule has 2 amide bonds. The van der Waals surface area contributed by atoms with Crippen LogP contribution in [0.1, 0.15) is 31.9 Å². The van der Waals surface area contributed by atoms with Crippen LogP contribution in [0.25, 0.3) is 0 Å². The maximum Gasteiger partial charge on any atom is 0.446 e. The minimum Gasteiger partial charge on any atom is -0.480 e. The molecule has 2 fully saturated rings. The lowest BCUT2D eigenvalue weighted by Gasteiger charge is -2.32. The Labute approximate surface area is 169 Å². The van der Waals surface area contributed by atoms with Gasteiger partial charge in [0.15, 0.2) is 0 Å². The predicted octanol–water partition coefficient (Wildman–Crippen LogP) is 3.04. The summed E-state index contributed by atoms with van der Waals surface area (Å²) in [5.74, 6) is -4.57. The number of alkyl halides is 3. The van der Waals surface area contributed by atoms with Gasteiger partial charge in [0.2, 0.25) is 11.8 Å². The van der Waals surface area contributed by atoms with E-state index >= 15 is 0 Å². The number of rotatable bonds is 5. The highest BCUT2D eigenvalue weighted by Crippen LogP contribution is 2.51. The monoisotopic (exact) mass is 430 g/mol. The molecule has 2 heterocycles. The number of likely N-dealkylation sites (tertiary alicyclic amines) is 1. The number of hydrogen-bond donors (Lipinski definition) is 2. The highest BCUT2D eigenvalue weighted by atomic mass is 32.2. The van der Waals surface area contributed by atoms with Crippen LogP contribution in [0.4, 0.5) is 13.2 Å². The van der Waals surface area contributed by atoms with Gasteiger partial charge >= 0.3 is 11.5 Å². The van der Waals surface area contributed by atoms with E-state index in [0.29, 0.717) is 5.56 Å². The van der Waals surface area contributed by atoms with Crippen molar-refractivity contribution in [1.82, 2.24) is 10.2 Å². The van der Waals surface area contributed by atoms with Gasteiger partial charge in [0.05, 0.1) is 11.8 Å². The van der Waals surface area contributed by atoms with E-state index in [0.717, 1.165) is 4.90 Å². The fourth-order valence-electron chi connectivity index (χ4n) is 4.45. The van der Waals surface area contributed by atoms with E-state index in [1.165, 1.54) is 25.2 Å². The number of carbonyl (C=O) groups excluding carboxylic acids is 2. The SMILES string of the molecule is CC(C)CC1(C(=O)O)NC(c2cccc(SC(F)(F)F)c2)C2C(=O)N(C)C(=O)C21. The van der Waals surface area contributed by atoms with Crippen LogP contribution in [-0.4, -0.2) is 45.9 Å². The zero-order valence-corrected chi connectivity index (χ0v) is 16.8. The molecule has 10 heteroatoms. The molecule has 2 aliphatic heterocycles. The van der Waals surface area contributed by atoms with Crippen LogP contribution < -0.4 is 5.32 Å². The molecule has 29 heavy (non-hydrogen) atoms. The molecule has 0 bridgehead atoms. The summed E-state index contributed by atoms with van der Waals surface area (Å²) in [6.45, 7) is 3.61. The number of thioether (sulfide) groups is 1. The van der Waals surface area contributed by atoms with Gasteiger partial charge in [-0.3, -0.25) is 24.6 Å². The summed E-state index contributed by atoms with van der Waals surface area (Å²) >= 11 is -0.289. The number of imide groups is 1. The first kappa shape index (κ1) is 21.6. The van der Waals surface area contributed by atoms with E-state index < -0.39 is 46.7 Å². The predicted molar refractivity (Wildman–Crippen MR) is 98.8 cm³/mol. The molecule has 4 unspecified atom stereocenters. The van der Waals surface area contributed by atoms with Gasteiger partial charge in [0, 0.05) is 18.0 Å². The third-order valence-corrected chi connectivity index (χ3v) is 6.16. The fraction of sp³-hybridized carbons (Fsp3) is 0.526. The van der Waals surface area contributed by atoms with E-state index in [1.807, 2.05) is 0 Å². The Kier molecular flexibility index (Phi) is 5.46. The summed E-state index contributed by atoms with van der Waals surface area (Å²) in [7, 11) is 1.30. The Hall–Kier alpha value is -2.07. The molecule has 2 aliphatic rings. The molecule has 158 valence electrons. The average molecular weight is 430 g/mol. The molecule has 0 aromatic heterocycles. The molecule has 2 N–H and O–H groups in total. The summed E-state index contributed by atoms with van der Waals surface area (Å²) in [5, 5.41) is 13.0. The van der Waals surface area contributed by atoms with Crippen molar-refractivity contribution in [2.75, 3.05) is 7.05 Å². The maximum absolute atomic E-state index is 12.8. The average Bonchev–Trinajstić information content (AvgIpc) is 3.04. The third-order valence-electron chi connectivity index (χ3n) is 5.44. The number of halogens is 3. The number of fused-ring (bicyclic) bond motifs is 1. The van der Waals surface area contributed by atoms with Crippen LogP contribution in [-0.2, 0) is 14.4 Å². The standard InChI is InChI=1S/C19H21F3N2O4S/c1-9(2)8-18(17(27)28)13-12(15(25)24(3)16(13)26)14(23-18)10-5-4-6-11(7-10)29-19(20,21)22/h4-7,9,12-14,23H,8H2,1-3H3,(H,27,28). The van der Waals surface area contributed by atoms with Gasteiger partial charge in [-0.25, -0.2) is 0 Å². The lowest BCUT2D eigenvalue weighted by Crippen LogP contribution is -2.56. The zero-order valence-electron chi connectivity index (χ0n) is 16.0. The Balaban J connectivity index is 2.09. The normalized spacial score (nSPS) is 29.6. The highest BCUT2D eigenvalue weighted by molar-refractivity contribution is 8.00. The summed E-state index contributed by atoms with van der Waals surface area (Å²) in [6, 6.07) is 4.66. The number of carboxylic acids is 1. The number of benzene rings is 1. The van der Waals surface area contributed by atoms with Gasteiger partial charge in [-0.15, -0.1) is 0 Å². The molecule has 1 aromatic rings. The number of nitrogens with zero attached hydrogens (tertiary/aromatic N) is 1. The van der Waals surface area contributed by atoms with Crippen molar-refractivity contribution >= 4 is 29.5 Å². The Morgan fingerprint density at radius 2 is 1.97 bits per heavy atom. The number of amides is 2. The van der Waals surface area contributed by atoms with Crippen LogP contribution in [0, 0.1) is 17.8 Å². The van der Waals surface area contributed by atoms with E-state index in [4.69, 9.17) is 0 Å². The second kappa shape index (κ2) is 7.32. The van der Waals surface area contributed by atoms with Gasteiger partial charge in [-0.2, -0.15) is 13.2 Å². The van der Waals surface area contributed by atoms with E-state index in [1.54, 1.807) is 19.9 Å². The van der Waals surface area contributed by atoms with Gasteiger partial charge in [0.1, 0.15) is 5.54 Å². The zero-order chi connectivity index (χ0) is 21.7. The molecule has 6 nitrogen and oxygen atoms in total. The van der Waals surface area contributed by atoms with Crippen molar-refractivity contribution in [3.05, 3.63) is 29.8 Å². The van der Waals surface area contributed by atoms with Crippen molar-refractivity contribution in [2.24, 2.45) is 17.8 Å². The molecular weight excluding hydrogens is 409 g/mol. The van der Waals surface area contributed by atoms with Crippen molar-refractivity contribution in [3.8, 4) is 0 Å². The second-order valence-corrected chi connectivity index (χ2v) is 8.99. The van der Waals surface area contributed by atoms with Gasteiger partial charge in [-0.1, -0.05) is 26.0 Å². The van der Waals surface area contributed by atoms with Crippen molar-refractivity contribution in [2.45, 2.75) is 42.3 Å². The van der Waals surface area contributed by atoms with Crippen LogP contribution in [0.5, 0.6) is 0 Å². The first-order chi connectivity index (χ1) is 13.4. The van der Waals surface area contributed by atoms with Crippen LogP contribution in [0.15, 0.2) is 29.2 Å². The topological polar surface area (TPSA) is 86.7 Å². The minimum atomic E-state index is -4.48. The molecule has 0 aliphatic carbocycles. The molecule has 3 rings (SSSR count). The second-order valence-electron chi connectivity index (χ2n) is 7.86. The van der Waals surface area contributed by atoms with Crippen LogP contribution in [0.3, 0.4) is 0 Å². The van der Waals surface area contributed by atoms with Crippen molar-refractivity contribution in [1.29, 1.82) is 0 Å². The number of hydrogen-bond acceptors (Lipinski definition) is 5. The van der Waals surface area contributed by atoms with Crippen LogP contribution >= 0.6 is 11.8 Å². The van der Waals surface area contributed by atoms with E-state index in [2.05, 4.69) is 5.32 Å². The van der Waals surface area contributed by atoms with Crippen LogP contribution in [0.2, 0.25) is 0 Å². The number of aliphatic carboxylic acids is 1. The Bertz CT molecular complexity index is 860. The maximum atomic E-state index is 12.8. The molecule has 0 saturated carbocycles. The Morgan fingerprint density at radius 1 is 1.31 bits per heavy atom. The first-order valence-corrected chi connectivity index (χ1v) is 9.87. The summed E-state index contributed by atoms with van der Waals surface area (Å²) in [4.78, 5) is 38.7. The van der Waals surface area contributed by atoms with Gasteiger partial charge < -0.3 is 5.11 Å². The smallest absolute Gasteiger partial charge is 0.446 e. The highest BCUT2D eigenvalue weighted by Gasteiger charge is 2.67. The lowest BCUT2D eigenvalue weighted by atomic mass is 9.75.